The van der Waals surface area contributed by atoms with E-state index < -0.39 is 0 Å². The molecule has 0 saturated heterocycles. The molecular weight excluding hydrogens is 239 g/mol. The second kappa shape index (κ2) is 6.01. The minimum Gasteiger partial charge on any atom is -0.381 e. The molecule has 19 heavy (non-hydrogen) atoms. The zero-order valence-electron chi connectivity index (χ0n) is 10.8. The van der Waals surface area contributed by atoms with Gasteiger partial charge in [-0.15, -0.1) is 0 Å². The fraction of sp³-hybridized carbons (Fsp3) is 0.188. The molecule has 0 aliphatic carbocycles. The topological polar surface area (TPSA) is 35.8 Å². The Bertz CT molecular complexity index is 614. The van der Waals surface area contributed by atoms with Gasteiger partial charge in [-0.25, -0.2) is 4.39 Å². The average Bonchev–Trinajstić information content (AvgIpc) is 2.45. The molecule has 0 aliphatic heterocycles. The predicted molar refractivity (Wildman–Crippen MR) is 74.3 cm³/mol. The molecule has 1 N–H and O–H groups in total. The Morgan fingerprint density at radius 2 is 1.95 bits per heavy atom. The number of aryl methyl sites for hydroxylation is 1. The summed E-state index contributed by atoms with van der Waals surface area (Å²) in [5.74, 6) is -0.320. The summed E-state index contributed by atoms with van der Waals surface area (Å²) in [4.78, 5) is 0. The number of nitriles is 1. The van der Waals surface area contributed by atoms with Crippen molar-refractivity contribution in [1.82, 2.24) is 0 Å². The van der Waals surface area contributed by atoms with Crippen LogP contribution in [0, 0.1) is 17.1 Å². The van der Waals surface area contributed by atoms with Gasteiger partial charge in [-0.05, 0) is 41.8 Å². The summed E-state index contributed by atoms with van der Waals surface area (Å²) in [6.45, 7) is 2.53. The average molecular weight is 254 g/mol. The lowest BCUT2D eigenvalue weighted by Gasteiger charge is -2.11. The molecule has 0 radical (unpaired) electrons. The van der Waals surface area contributed by atoms with Crippen LogP contribution >= 0.6 is 0 Å². The van der Waals surface area contributed by atoms with Gasteiger partial charge in [0.15, 0.2) is 0 Å². The predicted octanol–water partition coefficient (Wildman–Crippen LogP) is 3.87. The van der Waals surface area contributed by atoms with E-state index in [0.29, 0.717) is 17.7 Å². The third kappa shape index (κ3) is 3.11. The number of halogens is 1. The number of nitrogens with one attached hydrogen (secondary N) is 1. The first-order valence-corrected chi connectivity index (χ1v) is 6.25. The van der Waals surface area contributed by atoms with Crippen molar-refractivity contribution in [2.45, 2.75) is 19.9 Å². The molecule has 0 heterocycles. The molecule has 3 heteroatoms. The molecule has 2 rings (SSSR count). The maximum Gasteiger partial charge on any atom is 0.123 e. The Morgan fingerprint density at radius 3 is 2.68 bits per heavy atom. The Balaban J connectivity index is 2.19. The first-order chi connectivity index (χ1) is 9.24. The first-order valence-electron chi connectivity index (χ1n) is 6.25. The van der Waals surface area contributed by atoms with Gasteiger partial charge < -0.3 is 5.32 Å². The van der Waals surface area contributed by atoms with Crippen LogP contribution in [0.4, 0.5) is 10.1 Å². The molecule has 96 valence electrons. The van der Waals surface area contributed by atoms with Gasteiger partial charge in [-0.2, -0.15) is 5.26 Å². The number of hydrogen-bond donors (Lipinski definition) is 1. The largest absolute Gasteiger partial charge is 0.381 e. The molecular formula is C16H15FN2. The summed E-state index contributed by atoms with van der Waals surface area (Å²) in [6, 6.07) is 14.3. The number of anilines is 1. The van der Waals surface area contributed by atoms with E-state index in [1.165, 1.54) is 23.8 Å². The zero-order valence-corrected chi connectivity index (χ0v) is 10.8. The van der Waals surface area contributed by atoms with Crippen molar-refractivity contribution in [1.29, 1.82) is 5.26 Å². The Kier molecular flexibility index (Phi) is 4.15. The fourth-order valence-corrected chi connectivity index (χ4v) is 2.01. The second-order valence-corrected chi connectivity index (χ2v) is 4.28. The van der Waals surface area contributed by atoms with E-state index >= 15 is 0 Å². The van der Waals surface area contributed by atoms with Gasteiger partial charge in [-0.1, -0.05) is 25.1 Å². The van der Waals surface area contributed by atoms with Crippen LogP contribution in [0.5, 0.6) is 0 Å². The SMILES string of the molecule is CCc1ccccc1NCc1cc(F)ccc1C#N. The highest BCUT2D eigenvalue weighted by atomic mass is 19.1. The summed E-state index contributed by atoms with van der Waals surface area (Å²) in [5.41, 5.74) is 3.41. The van der Waals surface area contributed by atoms with Gasteiger partial charge in [0.1, 0.15) is 5.82 Å². The maximum absolute atomic E-state index is 13.2. The Hall–Kier alpha value is -2.34. The second-order valence-electron chi connectivity index (χ2n) is 4.28. The molecule has 0 fully saturated rings. The highest BCUT2D eigenvalue weighted by Gasteiger charge is 2.05. The van der Waals surface area contributed by atoms with Crippen LogP contribution < -0.4 is 5.32 Å². The normalized spacial score (nSPS) is 9.95. The lowest BCUT2D eigenvalue weighted by Crippen LogP contribution is -2.04. The van der Waals surface area contributed by atoms with Crippen LogP contribution in [-0.2, 0) is 13.0 Å². The van der Waals surface area contributed by atoms with Gasteiger partial charge in [0.05, 0.1) is 11.6 Å². The van der Waals surface area contributed by atoms with Crippen LogP contribution in [0.2, 0.25) is 0 Å². The number of nitrogens with zero attached hydrogens (tertiary/aromatic N) is 1. The highest BCUT2D eigenvalue weighted by Crippen LogP contribution is 2.18. The lowest BCUT2D eigenvalue weighted by atomic mass is 10.1. The van der Waals surface area contributed by atoms with Gasteiger partial charge in [0.25, 0.3) is 0 Å². The highest BCUT2D eigenvalue weighted by molar-refractivity contribution is 5.52. The fourth-order valence-electron chi connectivity index (χ4n) is 2.01. The van der Waals surface area contributed by atoms with Crippen molar-refractivity contribution in [3.63, 3.8) is 0 Å². The third-order valence-corrected chi connectivity index (χ3v) is 3.06. The molecule has 0 saturated carbocycles. The molecule has 0 aromatic heterocycles. The number of rotatable bonds is 4. The van der Waals surface area contributed by atoms with E-state index in [1.807, 2.05) is 18.2 Å². The Labute approximate surface area is 112 Å². The standard InChI is InChI=1S/C16H15FN2/c1-2-12-5-3-4-6-16(12)19-11-14-9-15(17)8-7-13(14)10-18/h3-9,19H,2,11H2,1H3. The smallest absolute Gasteiger partial charge is 0.123 e. The number of hydrogen-bond acceptors (Lipinski definition) is 2. The third-order valence-electron chi connectivity index (χ3n) is 3.06. The van der Waals surface area contributed by atoms with Gasteiger partial charge in [0, 0.05) is 12.2 Å². The van der Waals surface area contributed by atoms with Gasteiger partial charge in [-0.3, -0.25) is 0 Å². The molecule has 0 bridgehead atoms. The number of benzene rings is 2. The Morgan fingerprint density at radius 1 is 1.16 bits per heavy atom. The van der Waals surface area contributed by atoms with Crippen molar-refractivity contribution in [2.75, 3.05) is 5.32 Å². The van der Waals surface area contributed by atoms with Crippen molar-refractivity contribution in [3.8, 4) is 6.07 Å². The zero-order chi connectivity index (χ0) is 13.7. The van der Waals surface area contributed by atoms with E-state index in [4.69, 9.17) is 5.26 Å². The maximum atomic E-state index is 13.2. The molecule has 0 amide bonds. The summed E-state index contributed by atoms with van der Waals surface area (Å²) in [5, 5.41) is 12.3. The first kappa shape index (κ1) is 13.1. The van der Waals surface area contributed by atoms with Crippen molar-refractivity contribution in [3.05, 3.63) is 65.0 Å². The summed E-state index contributed by atoms with van der Waals surface area (Å²) in [7, 11) is 0. The van der Waals surface area contributed by atoms with Gasteiger partial charge >= 0.3 is 0 Å². The summed E-state index contributed by atoms with van der Waals surface area (Å²) in [6.07, 6.45) is 0.928. The minimum atomic E-state index is -0.320. The van der Waals surface area contributed by atoms with Crippen LogP contribution in [0.1, 0.15) is 23.6 Å². The van der Waals surface area contributed by atoms with E-state index in [2.05, 4.69) is 24.4 Å². The van der Waals surface area contributed by atoms with E-state index in [1.54, 1.807) is 0 Å². The molecule has 0 spiro atoms. The van der Waals surface area contributed by atoms with Crippen molar-refractivity contribution < 1.29 is 4.39 Å². The molecule has 2 nitrogen and oxygen atoms in total. The monoisotopic (exact) mass is 254 g/mol. The van der Waals surface area contributed by atoms with E-state index in [9.17, 15) is 4.39 Å². The summed E-state index contributed by atoms with van der Waals surface area (Å²) < 4.78 is 13.2. The van der Waals surface area contributed by atoms with E-state index in [0.717, 1.165) is 12.1 Å². The van der Waals surface area contributed by atoms with Crippen LogP contribution in [0.25, 0.3) is 0 Å². The molecule has 2 aromatic carbocycles. The van der Waals surface area contributed by atoms with Crippen molar-refractivity contribution >= 4 is 5.69 Å². The molecule has 0 aliphatic rings. The minimum absolute atomic E-state index is 0.320. The van der Waals surface area contributed by atoms with Gasteiger partial charge in [0.2, 0.25) is 0 Å². The van der Waals surface area contributed by atoms with Crippen LogP contribution in [0.15, 0.2) is 42.5 Å². The lowest BCUT2D eigenvalue weighted by molar-refractivity contribution is 0.625. The molecule has 0 atom stereocenters. The van der Waals surface area contributed by atoms with Crippen LogP contribution in [-0.4, -0.2) is 0 Å². The van der Waals surface area contributed by atoms with Crippen molar-refractivity contribution in [2.24, 2.45) is 0 Å². The van der Waals surface area contributed by atoms with Crippen LogP contribution in [0.3, 0.4) is 0 Å². The quantitative estimate of drug-likeness (QED) is 0.899. The molecule has 0 unspecified atom stereocenters. The van der Waals surface area contributed by atoms with E-state index in [-0.39, 0.29) is 5.82 Å². The number of para-hydroxylation sites is 1. The summed E-state index contributed by atoms with van der Waals surface area (Å²) >= 11 is 0. The molecule has 2 aromatic rings.